The van der Waals surface area contributed by atoms with Crippen molar-refractivity contribution in [3.8, 4) is 6.07 Å². The van der Waals surface area contributed by atoms with Crippen molar-refractivity contribution >= 4 is 22.1 Å². The number of carboxylic acid groups (broad SMARTS) is 2. The number of piperidine rings is 1. The van der Waals surface area contributed by atoms with Gasteiger partial charge in [0.1, 0.15) is 0 Å². The first-order valence-corrected chi connectivity index (χ1v) is 12.9. The second-order valence-electron chi connectivity index (χ2n) is 9.17. The molecular formula is C23H31N5O6S. The third-order valence-corrected chi connectivity index (χ3v) is 7.69. The Morgan fingerprint density at radius 3 is 2.20 bits per heavy atom. The van der Waals surface area contributed by atoms with E-state index in [1.807, 2.05) is 0 Å². The Balaban J connectivity index is 0.000000371. The summed E-state index contributed by atoms with van der Waals surface area (Å²) >= 11 is 0. The van der Waals surface area contributed by atoms with Gasteiger partial charge in [-0.1, -0.05) is 30.3 Å². The van der Waals surface area contributed by atoms with Gasteiger partial charge in [-0.05, 0) is 24.8 Å². The Hall–Kier alpha value is -2.82. The molecule has 1 aliphatic carbocycles. The standard InChI is InChI=1S/C19H27N5O2S.C4H4O4/c20-9-8-19(13-24(14-19)27(21,25)26)23-10-6-16(7-11-23)22-18-12-17(18)15-4-2-1-3-5-15;5-3(6)1-2-4(7)8/h1-5,16-18,22H,6-8,10-14H2,(H2,21,25,26);1-2H,(H,5,6)(H,7,8)/b;2-1-/t17-,18+;/m0./s1. The normalized spacial score (nSPS) is 24.6. The van der Waals surface area contributed by atoms with Gasteiger partial charge in [0.25, 0.3) is 10.2 Å². The molecular weight excluding hydrogens is 474 g/mol. The molecule has 5 N–H and O–H groups in total. The summed E-state index contributed by atoms with van der Waals surface area (Å²) < 4.78 is 24.3. The number of nitrogens with two attached hydrogens (primary N) is 1. The summed E-state index contributed by atoms with van der Waals surface area (Å²) in [6.07, 6.45) is 4.72. The molecule has 11 nitrogen and oxygen atoms in total. The molecule has 0 amide bonds. The van der Waals surface area contributed by atoms with E-state index >= 15 is 0 Å². The molecule has 1 saturated carbocycles. The van der Waals surface area contributed by atoms with Crippen molar-refractivity contribution in [3.63, 3.8) is 0 Å². The van der Waals surface area contributed by atoms with Crippen LogP contribution in [0.1, 0.15) is 37.2 Å². The lowest BCUT2D eigenvalue weighted by Gasteiger charge is -2.55. The topological polar surface area (TPSA) is 177 Å². The molecule has 0 spiro atoms. The Bertz CT molecular complexity index is 1060. The SMILES string of the molecule is N#CCC1(N2CCC(N[C@@H]3C[C@H]3c3ccccc3)CC2)CN(S(N)(=O)=O)C1.O=C(O)/C=C\C(=O)O. The third-order valence-electron chi connectivity index (χ3n) is 6.71. The van der Waals surface area contributed by atoms with E-state index in [0.717, 1.165) is 25.9 Å². The van der Waals surface area contributed by atoms with E-state index < -0.39 is 22.1 Å². The minimum absolute atomic E-state index is 0.330. The van der Waals surface area contributed by atoms with Crippen molar-refractivity contribution in [3.05, 3.63) is 48.0 Å². The zero-order valence-electron chi connectivity index (χ0n) is 19.3. The molecule has 2 saturated heterocycles. The minimum atomic E-state index is -3.66. The van der Waals surface area contributed by atoms with Gasteiger partial charge in [-0.2, -0.15) is 18.0 Å². The van der Waals surface area contributed by atoms with E-state index in [1.54, 1.807) is 0 Å². The first-order valence-electron chi connectivity index (χ1n) is 11.4. The molecule has 0 radical (unpaired) electrons. The van der Waals surface area contributed by atoms with Gasteiger partial charge in [0.05, 0.1) is 18.0 Å². The van der Waals surface area contributed by atoms with Crippen LogP contribution >= 0.6 is 0 Å². The second-order valence-corrected chi connectivity index (χ2v) is 10.7. The van der Waals surface area contributed by atoms with Gasteiger partial charge in [-0.25, -0.2) is 14.7 Å². The Morgan fingerprint density at radius 1 is 1.14 bits per heavy atom. The van der Waals surface area contributed by atoms with Gasteiger partial charge >= 0.3 is 11.9 Å². The number of nitriles is 1. The van der Waals surface area contributed by atoms with Crippen molar-refractivity contribution in [2.75, 3.05) is 26.2 Å². The summed E-state index contributed by atoms with van der Waals surface area (Å²) in [5.74, 6) is -1.89. The number of nitrogens with zero attached hydrogens (tertiary/aromatic N) is 3. The van der Waals surface area contributed by atoms with Crippen molar-refractivity contribution < 1.29 is 28.2 Å². The molecule has 3 aliphatic rings. The predicted octanol–water partition coefficient (Wildman–Crippen LogP) is 0.480. The predicted molar refractivity (Wildman–Crippen MR) is 127 cm³/mol. The third kappa shape index (κ3) is 7.33. The van der Waals surface area contributed by atoms with Gasteiger partial charge in [0, 0.05) is 56.3 Å². The quantitative estimate of drug-likeness (QED) is 0.366. The molecule has 2 heterocycles. The van der Waals surface area contributed by atoms with Crippen LogP contribution in [0.5, 0.6) is 0 Å². The lowest BCUT2D eigenvalue weighted by atomic mass is 9.84. The number of carbonyl (C=O) groups is 2. The summed E-state index contributed by atoms with van der Waals surface area (Å²) in [5, 5.41) is 33.9. The van der Waals surface area contributed by atoms with Crippen molar-refractivity contribution in [2.24, 2.45) is 5.14 Å². The summed E-state index contributed by atoms with van der Waals surface area (Å²) in [6.45, 7) is 2.44. The number of benzene rings is 1. The zero-order valence-corrected chi connectivity index (χ0v) is 20.1. The average molecular weight is 506 g/mol. The molecule has 2 atom stereocenters. The average Bonchev–Trinajstić information content (AvgIpc) is 3.54. The van der Waals surface area contributed by atoms with Gasteiger partial charge < -0.3 is 15.5 Å². The number of likely N-dealkylation sites (tertiary alicyclic amines) is 1. The Labute approximate surface area is 205 Å². The molecule has 35 heavy (non-hydrogen) atoms. The smallest absolute Gasteiger partial charge is 0.328 e. The van der Waals surface area contributed by atoms with Crippen molar-refractivity contribution in [1.29, 1.82) is 5.26 Å². The Kier molecular flexibility index (Phi) is 8.63. The maximum absolute atomic E-state index is 11.5. The molecule has 190 valence electrons. The molecule has 1 aromatic carbocycles. The first kappa shape index (κ1) is 26.8. The van der Waals surface area contributed by atoms with Gasteiger partial charge in [-0.15, -0.1) is 0 Å². The number of hydrogen-bond acceptors (Lipinski definition) is 7. The van der Waals surface area contributed by atoms with Crippen LogP contribution in [-0.4, -0.2) is 83.6 Å². The van der Waals surface area contributed by atoms with Crippen LogP contribution in [0.15, 0.2) is 42.5 Å². The fourth-order valence-corrected chi connectivity index (χ4v) is 5.62. The fourth-order valence-electron chi connectivity index (χ4n) is 4.77. The summed E-state index contributed by atoms with van der Waals surface area (Å²) in [7, 11) is -3.66. The molecule has 2 aliphatic heterocycles. The van der Waals surface area contributed by atoms with Gasteiger partial charge in [0.15, 0.2) is 0 Å². The highest BCUT2D eigenvalue weighted by Gasteiger charge is 2.51. The van der Waals surface area contributed by atoms with Crippen LogP contribution in [0.2, 0.25) is 0 Å². The maximum atomic E-state index is 11.5. The molecule has 0 bridgehead atoms. The number of rotatable bonds is 8. The van der Waals surface area contributed by atoms with Gasteiger partial charge in [0.2, 0.25) is 0 Å². The van der Waals surface area contributed by atoms with Crippen LogP contribution in [0.4, 0.5) is 0 Å². The zero-order chi connectivity index (χ0) is 25.6. The largest absolute Gasteiger partial charge is 0.478 e. The van der Waals surface area contributed by atoms with E-state index in [0.29, 0.717) is 49.7 Å². The van der Waals surface area contributed by atoms with Gasteiger partial charge in [-0.3, -0.25) is 4.90 Å². The van der Waals surface area contributed by atoms with Crippen LogP contribution in [-0.2, 0) is 19.8 Å². The molecule has 4 rings (SSSR count). The van der Waals surface area contributed by atoms with E-state index in [9.17, 15) is 23.3 Å². The number of carboxylic acids is 2. The lowest BCUT2D eigenvalue weighted by molar-refractivity contribution is -0.134. The van der Waals surface area contributed by atoms with E-state index in [4.69, 9.17) is 15.4 Å². The highest BCUT2D eigenvalue weighted by atomic mass is 32.2. The molecule has 1 aromatic rings. The first-order chi connectivity index (χ1) is 16.5. The minimum Gasteiger partial charge on any atom is -0.478 e. The summed E-state index contributed by atoms with van der Waals surface area (Å²) in [5.41, 5.74) is 1.05. The van der Waals surface area contributed by atoms with E-state index in [-0.39, 0.29) is 5.54 Å². The van der Waals surface area contributed by atoms with E-state index in [1.165, 1.54) is 16.3 Å². The van der Waals surface area contributed by atoms with Crippen LogP contribution in [0.25, 0.3) is 0 Å². The Morgan fingerprint density at radius 2 is 1.71 bits per heavy atom. The molecule has 0 unspecified atom stereocenters. The number of nitrogens with one attached hydrogen (secondary N) is 1. The van der Waals surface area contributed by atoms with E-state index in [2.05, 4.69) is 46.6 Å². The second kappa shape index (κ2) is 11.3. The highest BCUT2D eigenvalue weighted by molar-refractivity contribution is 7.86. The summed E-state index contributed by atoms with van der Waals surface area (Å²) in [4.78, 5) is 21.4. The van der Waals surface area contributed by atoms with Crippen LogP contribution in [0, 0.1) is 11.3 Å². The number of hydrogen-bond donors (Lipinski definition) is 4. The molecule has 3 fully saturated rings. The summed E-state index contributed by atoms with van der Waals surface area (Å²) in [6, 6.07) is 14.0. The van der Waals surface area contributed by atoms with Crippen LogP contribution < -0.4 is 10.5 Å². The van der Waals surface area contributed by atoms with Crippen LogP contribution in [0.3, 0.4) is 0 Å². The maximum Gasteiger partial charge on any atom is 0.328 e. The van der Waals surface area contributed by atoms with Crippen molar-refractivity contribution in [2.45, 2.75) is 49.2 Å². The van der Waals surface area contributed by atoms with Crippen molar-refractivity contribution in [1.82, 2.24) is 14.5 Å². The monoisotopic (exact) mass is 505 g/mol. The molecule has 12 heteroatoms. The molecule has 0 aromatic heterocycles. The fraction of sp³-hybridized carbons (Fsp3) is 0.522. The highest BCUT2D eigenvalue weighted by Crippen LogP contribution is 2.41. The number of aliphatic carboxylic acids is 2. The lowest BCUT2D eigenvalue weighted by Crippen LogP contribution is -2.73.